The maximum absolute atomic E-state index is 11.0. The SMILES string of the molecule is OC1(c2ccc3ccccc3c2)CCC2(CC1)OCCO2. The van der Waals surface area contributed by atoms with Crippen LogP contribution in [-0.4, -0.2) is 24.1 Å². The van der Waals surface area contributed by atoms with Crippen LogP contribution < -0.4 is 0 Å². The largest absolute Gasteiger partial charge is 0.385 e. The van der Waals surface area contributed by atoms with Gasteiger partial charge in [0, 0.05) is 12.8 Å². The minimum absolute atomic E-state index is 0.428. The lowest BCUT2D eigenvalue weighted by molar-refractivity contribution is -0.204. The van der Waals surface area contributed by atoms with Crippen molar-refractivity contribution in [3.8, 4) is 0 Å². The van der Waals surface area contributed by atoms with E-state index in [0.29, 0.717) is 26.1 Å². The van der Waals surface area contributed by atoms with Crippen molar-refractivity contribution in [2.75, 3.05) is 13.2 Å². The number of benzene rings is 2. The first-order valence-electron chi connectivity index (χ1n) is 7.69. The third-order valence-corrected chi connectivity index (χ3v) is 4.94. The van der Waals surface area contributed by atoms with Crippen molar-refractivity contribution < 1.29 is 14.6 Å². The molecule has 0 bridgehead atoms. The Labute approximate surface area is 124 Å². The molecular formula is C18H20O3. The fraction of sp³-hybridized carbons (Fsp3) is 0.444. The Bertz CT molecular complexity index is 648. The molecule has 0 amide bonds. The second kappa shape index (κ2) is 4.80. The highest BCUT2D eigenvalue weighted by atomic mass is 16.7. The lowest BCUT2D eigenvalue weighted by atomic mass is 9.76. The predicted octanol–water partition coefficient (Wildman–Crippen LogP) is 3.34. The van der Waals surface area contributed by atoms with Gasteiger partial charge in [-0.2, -0.15) is 0 Å². The van der Waals surface area contributed by atoms with Gasteiger partial charge in [0.05, 0.1) is 18.8 Å². The zero-order valence-electron chi connectivity index (χ0n) is 12.0. The van der Waals surface area contributed by atoms with E-state index in [1.54, 1.807) is 0 Å². The van der Waals surface area contributed by atoms with Crippen LogP contribution in [-0.2, 0) is 15.1 Å². The summed E-state index contributed by atoms with van der Waals surface area (Å²) >= 11 is 0. The average Bonchev–Trinajstić information content (AvgIpc) is 2.99. The van der Waals surface area contributed by atoms with Crippen LogP contribution in [0.15, 0.2) is 42.5 Å². The smallest absolute Gasteiger partial charge is 0.168 e. The van der Waals surface area contributed by atoms with Gasteiger partial charge in [-0.1, -0.05) is 36.4 Å². The molecule has 2 aliphatic rings. The summed E-state index contributed by atoms with van der Waals surface area (Å²) in [4.78, 5) is 0. The van der Waals surface area contributed by atoms with Gasteiger partial charge >= 0.3 is 0 Å². The van der Waals surface area contributed by atoms with Crippen molar-refractivity contribution in [1.82, 2.24) is 0 Å². The van der Waals surface area contributed by atoms with Crippen LogP contribution in [0.1, 0.15) is 31.2 Å². The molecule has 1 saturated carbocycles. The Balaban J connectivity index is 1.62. The molecule has 1 heterocycles. The molecule has 1 saturated heterocycles. The van der Waals surface area contributed by atoms with E-state index in [0.717, 1.165) is 18.4 Å². The highest BCUT2D eigenvalue weighted by molar-refractivity contribution is 5.83. The highest BCUT2D eigenvalue weighted by Crippen LogP contribution is 2.45. The molecule has 0 atom stereocenters. The summed E-state index contributed by atoms with van der Waals surface area (Å²) in [6.45, 7) is 1.35. The van der Waals surface area contributed by atoms with E-state index >= 15 is 0 Å². The molecular weight excluding hydrogens is 264 g/mol. The van der Waals surface area contributed by atoms with Gasteiger partial charge in [-0.15, -0.1) is 0 Å². The van der Waals surface area contributed by atoms with Crippen molar-refractivity contribution in [1.29, 1.82) is 0 Å². The van der Waals surface area contributed by atoms with Crippen molar-refractivity contribution in [2.45, 2.75) is 37.1 Å². The lowest BCUT2D eigenvalue weighted by Gasteiger charge is -2.40. The van der Waals surface area contributed by atoms with E-state index in [4.69, 9.17) is 9.47 Å². The zero-order valence-corrected chi connectivity index (χ0v) is 12.0. The average molecular weight is 284 g/mol. The minimum atomic E-state index is -0.759. The highest BCUT2D eigenvalue weighted by Gasteiger charge is 2.46. The molecule has 110 valence electrons. The molecule has 21 heavy (non-hydrogen) atoms. The Morgan fingerprint density at radius 1 is 0.810 bits per heavy atom. The van der Waals surface area contributed by atoms with E-state index in [1.807, 2.05) is 12.1 Å². The third kappa shape index (κ3) is 2.26. The number of hydrogen-bond acceptors (Lipinski definition) is 3. The normalized spacial score (nSPS) is 23.7. The van der Waals surface area contributed by atoms with Gasteiger partial charge in [0.2, 0.25) is 0 Å². The first-order valence-corrected chi connectivity index (χ1v) is 7.69. The predicted molar refractivity (Wildman–Crippen MR) is 80.9 cm³/mol. The van der Waals surface area contributed by atoms with Crippen LogP contribution in [0.2, 0.25) is 0 Å². The molecule has 2 aromatic rings. The Morgan fingerprint density at radius 2 is 1.48 bits per heavy atom. The maximum Gasteiger partial charge on any atom is 0.168 e. The van der Waals surface area contributed by atoms with E-state index < -0.39 is 11.4 Å². The monoisotopic (exact) mass is 284 g/mol. The van der Waals surface area contributed by atoms with E-state index in [2.05, 4.69) is 30.3 Å². The molecule has 4 rings (SSSR count). The van der Waals surface area contributed by atoms with Crippen molar-refractivity contribution >= 4 is 10.8 Å². The van der Waals surface area contributed by atoms with Crippen LogP contribution in [0.5, 0.6) is 0 Å². The summed E-state index contributed by atoms with van der Waals surface area (Å²) in [5.74, 6) is -0.428. The van der Waals surface area contributed by atoms with Crippen LogP contribution in [0.3, 0.4) is 0 Å². The topological polar surface area (TPSA) is 38.7 Å². The van der Waals surface area contributed by atoms with Gasteiger partial charge in [-0.3, -0.25) is 0 Å². The molecule has 3 heteroatoms. The number of hydrogen-bond donors (Lipinski definition) is 1. The van der Waals surface area contributed by atoms with Gasteiger partial charge in [-0.25, -0.2) is 0 Å². The van der Waals surface area contributed by atoms with Gasteiger partial charge < -0.3 is 14.6 Å². The van der Waals surface area contributed by atoms with Gasteiger partial charge in [0.1, 0.15) is 0 Å². The second-order valence-corrected chi connectivity index (χ2v) is 6.20. The Kier molecular flexibility index (Phi) is 3.03. The van der Waals surface area contributed by atoms with Crippen molar-refractivity contribution in [2.24, 2.45) is 0 Å². The summed E-state index contributed by atoms with van der Waals surface area (Å²) in [6.07, 6.45) is 2.89. The van der Waals surface area contributed by atoms with Crippen LogP contribution in [0.25, 0.3) is 10.8 Å². The molecule has 1 aliphatic heterocycles. The molecule has 2 aromatic carbocycles. The number of ether oxygens (including phenoxy) is 2. The summed E-state index contributed by atoms with van der Waals surface area (Å²) in [5, 5.41) is 13.4. The second-order valence-electron chi connectivity index (χ2n) is 6.20. The van der Waals surface area contributed by atoms with E-state index in [-0.39, 0.29) is 0 Å². The van der Waals surface area contributed by atoms with E-state index in [9.17, 15) is 5.11 Å². The first-order chi connectivity index (χ1) is 10.2. The van der Waals surface area contributed by atoms with Crippen molar-refractivity contribution in [3.63, 3.8) is 0 Å². The molecule has 1 N–H and O–H groups in total. The van der Waals surface area contributed by atoms with Crippen LogP contribution >= 0.6 is 0 Å². The maximum atomic E-state index is 11.0. The number of aliphatic hydroxyl groups is 1. The molecule has 0 aromatic heterocycles. The fourth-order valence-corrected chi connectivity index (χ4v) is 3.60. The Hall–Kier alpha value is -1.42. The quantitative estimate of drug-likeness (QED) is 0.873. The standard InChI is InChI=1S/C18H20O3/c19-17(7-9-18(10-8-17)20-11-12-21-18)16-6-5-14-3-1-2-4-15(14)13-16/h1-6,13,19H,7-12H2. The van der Waals surface area contributed by atoms with Crippen LogP contribution in [0, 0.1) is 0 Å². The Morgan fingerprint density at radius 3 is 2.19 bits per heavy atom. The zero-order chi connectivity index (χ0) is 14.3. The molecule has 0 radical (unpaired) electrons. The summed E-state index contributed by atoms with van der Waals surface area (Å²) in [6, 6.07) is 14.5. The van der Waals surface area contributed by atoms with Crippen LogP contribution in [0.4, 0.5) is 0 Å². The third-order valence-electron chi connectivity index (χ3n) is 4.94. The minimum Gasteiger partial charge on any atom is -0.385 e. The molecule has 1 aliphatic carbocycles. The molecule has 0 unspecified atom stereocenters. The first kappa shape index (κ1) is 13.3. The lowest BCUT2D eigenvalue weighted by Crippen LogP contribution is -2.42. The van der Waals surface area contributed by atoms with Gasteiger partial charge in [0.25, 0.3) is 0 Å². The molecule has 3 nitrogen and oxygen atoms in total. The van der Waals surface area contributed by atoms with E-state index in [1.165, 1.54) is 10.8 Å². The van der Waals surface area contributed by atoms with Crippen molar-refractivity contribution in [3.05, 3.63) is 48.0 Å². The van der Waals surface area contributed by atoms with Gasteiger partial charge in [-0.05, 0) is 35.2 Å². The summed E-state index contributed by atoms with van der Waals surface area (Å²) in [5.41, 5.74) is 0.249. The summed E-state index contributed by atoms with van der Waals surface area (Å²) < 4.78 is 11.5. The van der Waals surface area contributed by atoms with Gasteiger partial charge in [0.15, 0.2) is 5.79 Å². The fourth-order valence-electron chi connectivity index (χ4n) is 3.60. The summed E-state index contributed by atoms with van der Waals surface area (Å²) in [7, 11) is 0. The molecule has 2 fully saturated rings. The molecule has 1 spiro atoms. The number of rotatable bonds is 1. The number of fused-ring (bicyclic) bond motifs is 1.